The molecule has 0 saturated carbocycles. The monoisotopic (exact) mass is 460 g/mol. The van der Waals surface area contributed by atoms with Gasteiger partial charge in [0.2, 0.25) is 0 Å². The van der Waals surface area contributed by atoms with Crippen LogP contribution in [0.1, 0.15) is 9.67 Å². The van der Waals surface area contributed by atoms with Crippen LogP contribution in [0, 0.1) is 0 Å². The van der Waals surface area contributed by atoms with Gasteiger partial charge in [-0.1, -0.05) is 41.9 Å². The van der Waals surface area contributed by atoms with Crippen LogP contribution in [0.4, 0.5) is 4.79 Å². The number of benzene rings is 2. The first-order valence-electron chi connectivity index (χ1n) is 9.31. The molecule has 2 aromatic carbocycles. The number of para-hydroxylation sites is 2. The van der Waals surface area contributed by atoms with Crippen LogP contribution in [0.2, 0.25) is 5.02 Å². The van der Waals surface area contributed by atoms with Gasteiger partial charge in [0.05, 0.1) is 11.6 Å². The van der Waals surface area contributed by atoms with E-state index in [0.29, 0.717) is 11.5 Å². The molecule has 0 spiro atoms. The number of carbonyl (C=O) groups excluding carboxylic acids is 3. The topological polar surface area (TPSA) is 103 Å². The summed E-state index contributed by atoms with van der Waals surface area (Å²) in [5.74, 6) is -0.273. The average Bonchev–Trinajstić information content (AvgIpc) is 3.12. The first-order chi connectivity index (χ1) is 15.0. The first-order valence-corrected chi connectivity index (χ1v) is 10.5. The highest BCUT2D eigenvalue weighted by Gasteiger charge is 2.22. The molecule has 3 amide bonds. The van der Waals surface area contributed by atoms with E-state index in [2.05, 4.69) is 10.6 Å². The Morgan fingerprint density at radius 3 is 2.65 bits per heavy atom. The molecule has 2 N–H and O–H groups in total. The fourth-order valence-electron chi connectivity index (χ4n) is 2.92. The summed E-state index contributed by atoms with van der Waals surface area (Å²) >= 11 is 7.39. The number of esters is 1. The number of nitrogens with one attached hydrogen (secondary N) is 2. The summed E-state index contributed by atoms with van der Waals surface area (Å²) in [6.07, 6.45) is -0.399. The maximum absolute atomic E-state index is 12.3. The van der Waals surface area contributed by atoms with Crippen LogP contribution < -0.4 is 20.1 Å². The zero-order chi connectivity index (χ0) is 21.8. The predicted molar refractivity (Wildman–Crippen MR) is 115 cm³/mol. The van der Waals surface area contributed by atoms with Crippen LogP contribution in [0.15, 0.2) is 48.5 Å². The maximum Gasteiger partial charge on any atom is 0.350 e. The van der Waals surface area contributed by atoms with Crippen molar-refractivity contribution < 1.29 is 28.6 Å². The highest BCUT2D eigenvalue weighted by Crippen LogP contribution is 2.35. The number of ether oxygens (including phenoxy) is 3. The van der Waals surface area contributed by atoms with Crippen LogP contribution in [-0.2, 0) is 9.53 Å². The molecule has 0 aliphatic carbocycles. The fraction of sp³-hybridized carbons (Fsp3) is 0.190. The van der Waals surface area contributed by atoms with Crippen molar-refractivity contribution in [3.05, 3.63) is 58.4 Å². The summed E-state index contributed by atoms with van der Waals surface area (Å²) in [5, 5.41) is 5.63. The summed E-state index contributed by atoms with van der Waals surface area (Å²) in [7, 11) is 0. The van der Waals surface area contributed by atoms with Gasteiger partial charge < -0.3 is 19.5 Å². The smallest absolute Gasteiger partial charge is 0.350 e. The number of urea groups is 1. The average molecular weight is 461 g/mol. The Kier molecular flexibility index (Phi) is 6.24. The molecule has 0 saturated heterocycles. The number of rotatable bonds is 5. The molecule has 1 unspecified atom stereocenters. The minimum Gasteiger partial charge on any atom is -0.486 e. The Balaban J connectivity index is 1.22. The maximum atomic E-state index is 12.3. The van der Waals surface area contributed by atoms with Crippen molar-refractivity contribution in [2.75, 3.05) is 19.8 Å². The number of halogens is 1. The van der Waals surface area contributed by atoms with Crippen LogP contribution in [-0.4, -0.2) is 43.8 Å². The van der Waals surface area contributed by atoms with Crippen LogP contribution >= 0.6 is 22.9 Å². The number of amides is 3. The Hall–Kier alpha value is -3.30. The van der Waals surface area contributed by atoms with E-state index in [9.17, 15) is 14.4 Å². The van der Waals surface area contributed by atoms with E-state index in [1.807, 2.05) is 30.3 Å². The number of carbonyl (C=O) groups is 3. The minimum atomic E-state index is -0.769. The second kappa shape index (κ2) is 9.23. The largest absolute Gasteiger partial charge is 0.486 e. The van der Waals surface area contributed by atoms with Gasteiger partial charge in [-0.15, -0.1) is 11.3 Å². The lowest BCUT2D eigenvalue weighted by atomic mass is 10.2. The molecule has 1 aromatic heterocycles. The van der Waals surface area contributed by atoms with Gasteiger partial charge in [0.25, 0.3) is 5.91 Å². The molecule has 0 radical (unpaired) electrons. The van der Waals surface area contributed by atoms with E-state index in [1.165, 1.54) is 11.3 Å². The van der Waals surface area contributed by atoms with Crippen molar-refractivity contribution >= 4 is 50.9 Å². The Labute approximate surface area is 186 Å². The molecule has 10 heteroatoms. The molecule has 1 atom stereocenters. The lowest BCUT2D eigenvalue weighted by molar-refractivity contribution is -0.123. The standard InChI is InChI=1S/C21H17ClN2O6S/c22-18-13-5-1-4-8-16(13)31-19(18)20(26)29-11-17(25)24-21(27)23-9-12-10-28-14-6-2-3-7-15(14)30-12/h1-8,12H,9-11H2,(H2,23,24,25,27). The second-order valence-electron chi connectivity index (χ2n) is 6.57. The normalized spacial score (nSPS) is 14.7. The molecule has 1 aliphatic rings. The molecule has 0 bridgehead atoms. The van der Waals surface area contributed by atoms with Gasteiger partial charge in [-0.25, -0.2) is 9.59 Å². The van der Waals surface area contributed by atoms with Gasteiger partial charge in [0, 0.05) is 10.1 Å². The third-order valence-electron chi connectivity index (χ3n) is 4.37. The summed E-state index contributed by atoms with van der Waals surface area (Å²) in [6.45, 7) is -0.226. The number of thiophene rings is 1. The molecule has 31 heavy (non-hydrogen) atoms. The zero-order valence-corrected chi connectivity index (χ0v) is 17.6. The number of fused-ring (bicyclic) bond motifs is 2. The second-order valence-corrected chi connectivity index (χ2v) is 8.00. The van der Waals surface area contributed by atoms with Gasteiger partial charge in [-0.3, -0.25) is 10.1 Å². The van der Waals surface area contributed by atoms with Crippen molar-refractivity contribution in [2.24, 2.45) is 0 Å². The molecular weight excluding hydrogens is 444 g/mol. The Bertz CT molecular complexity index is 1150. The van der Waals surface area contributed by atoms with Crippen molar-refractivity contribution in [2.45, 2.75) is 6.10 Å². The van der Waals surface area contributed by atoms with Gasteiger partial charge in [-0.2, -0.15) is 0 Å². The summed E-state index contributed by atoms with van der Waals surface area (Å²) < 4.78 is 17.1. The van der Waals surface area contributed by atoms with Crippen LogP contribution in [0.3, 0.4) is 0 Å². The van der Waals surface area contributed by atoms with Gasteiger partial charge in [0.1, 0.15) is 11.5 Å². The van der Waals surface area contributed by atoms with Crippen molar-refractivity contribution in [1.29, 1.82) is 0 Å². The van der Waals surface area contributed by atoms with E-state index < -0.39 is 30.6 Å². The molecule has 3 aromatic rings. The van der Waals surface area contributed by atoms with Crippen LogP contribution in [0.25, 0.3) is 10.1 Å². The molecule has 160 valence electrons. The van der Waals surface area contributed by atoms with E-state index in [-0.39, 0.29) is 23.1 Å². The molecule has 2 heterocycles. The SMILES string of the molecule is O=C(COC(=O)c1sc2ccccc2c1Cl)NC(=O)NCC1COc2ccccc2O1. The number of hydrogen-bond acceptors (Lipinski definition) is 7. The predicted octanol–water partition coefficient (Wildman–Crippen LogP) is 3.38. The lowest BCUT2D eigenvalue weighted by Crippen LogP contribution is -2.46. The van der Waals surface area contributed by atoms with Crippen LogP contribution in [0.5, 0.6) is 11.5 Å². The summed E-state index contributed by atoms with van der Waals surface area (Å²) in [5.41, 5.74) is 0. The van der Waals surface area contributed by atoms with Crippen molar-refractivity contribution in [3.63, 3.8) is 0 Å². The fourth-order valence-corrected chi connectivity index (χ4v) is 4.32. The Morgan fingerprint density at radius 2 is 1.84 bits per heavy atom. The third-order valence-corrected chi connectivity index (χ3v) is 6.02. The van der Waals surface area contributed by atoms with E-state index in [1.54, 1.807) is 18.2 Å². The number of imide groups is 1. The first kappa shape index (κ1) is 21.0. The molecule has 0 fully saturated rings. The molecule has 8 nitrogen and oxygen atoms in total. The van der Waals surface area contributed by atoms with Gasteiger partial charge in [-0.05, 0) is 18.2 Å². The highest BCUT2D eigenvalue weighted by atomic mass is 35.5. The third kappa shape index (κ3) is 4.89. The number of hydrogen-bond donors (Lipinski definition) is 2. The lowest BCUT2D eigenvalue weighted by Gasteiger charge is -2.26. The van der Waals surface area contributed by atoms with Gasteiger partial charge in [0.15, 0.2) is 24.2 Å². The van der Waals surface area contributed by atoms with Crippen molar-refractivity contribution in [1.82, 2.24) is 10.6 Å². The minimum absolute atomic E-state index is 0.130. The van der Waals surface area contributed by atoms with E-state index in [0.717, 1.165) is 10.1 Å². The quantitative estimate of drug-likeness (QED) is 0.566. The van der Waals surface area contributed by atoms with E-state index in [4.69, 9.17) is 25.8 Å². The molecular formula is C21H17ClN2O6S. The summed E-state index contributed by atoms with van der Waals surface area (Å²) in [6, 6.07) is 13.7. The summed E-state index contributed by atoms with van der Waals surface area (Å²) in [4.78, 5) is 36.3. The molecule has 4 rings (SSSR count). The Morgan fingerprint density at radius 1 is 1.10 bits per heavy atom. The highest BCUT2D eigenvalue weighted by molar-refractivity contribution is 7.21. The molecule has 1 aliphatic heterocycles. The van der Waals surface area contributed by atoms with E-state index >= 15 is 0 Å². The zero-order valence-electron chi connectivity index (χ0n) is 16.1. The van der Waals surface area contributed by atoms with Crippen molar-refractivity contribution in [3.8, 4) is 11.5 Å². The van der Waals surface area contributed by atoms with Gasteiger partial charge >= 0.3 is 12.0 Å².